The lowest BCUT2D eigenvalue weighted by Crippen LogP contribution is -2.45. The van der Waals surface area contributed by atoms with Crippen LogP contribution in [0.25, 0.3) is 0 Å². The number of aliphatic hydroxyl groups excluding tert-OH is 2. The summed E-state index contributed by atoms with van der Waals surface area (Å²) < 4.78 is 5.52. The van der Waals surface area contributed by atoms with Crippen molar-refractivity contribution in [2.75, 3.05) is 13.2 Å². The van der Waals surface area contributed by atoms with Gasteiger partial charge in [0.05, 0.1) is 25.4 Å². The quantitative estimate of drug-likeness (QED) is 0.0320. The van der Waals surface area contributed by atoms with Crippen LogP contribution in [0.1, 0.15) is 399 Å². The molecule has 6 nitrogen and oxygen atoms in total. The standard InChI is InChI=1S/C72H139NO5/c1-3-5-7-9-11-13-14-15-16-17-33-37-40-43-46-50-54-58-62-66-72(77)78-67-63-59-55-51-47-44-41-38-35-32-30-28-26-24-22-20-18-19-21-23-25-27-29-31-34-36-39-42-45-49-53-57-61-65-71(76)73-69(68-74)70(75)64-60-56-52-48-12-10-8-6-4-2/h22,24,60,64,69-70,74-75H,3-21,23,25-59,61-63,65-68H2,1-2H3,(H,73,76)/b24-22-,64-60+. The number of nitrogens with one attached hydrogen (secondary N) is 1. The van der Waals surface area contributed by atoms with Crippen molar-refractivity contribution in [1.82, 2.24) is 5.32 Å². The van der Waals surface area contributed by atoms with Crippen molar-refractivity contribution in [3.05, 3.63) is 24.3 Å². The van der Waals surface area contributed by atoms with Crippen LogP contribution in [0, 0.1) is 0 Å². The van der Waals surface area contributed by atoms with Crippen molar-refractivity contribution in [2.45, 2.75) is 411 Å². The van der Waals surface area contributed by atoms with E-state index in [0.717, 1.165) is 38.5 Å². The molecule has 0 radical (unpaired) electrons. The molecule has 0 spiro atoms. The average Bonchev–Trinajstić information content (AvgIpc) is 3.44. The molecule has 0 heterocycles. The first-order valence-electron chi connectivity index (χ1n) is 35.6. The summed E-state index contributed by atoms with van der Waals surface area (Å²) >= 11 is 0. The van der Waals surface area contributed by atoms with Crippen molar-refractivity contribution >= 4 is 11.9 Å². The van der Waals surface area contributed by atoms with Crippen LogP contribution in [-0.2, 0) is 14.3 Å². The Morgan fingerprint density at radius 3 is 0.910 bits per heavy atom. The molecular formula is C72H139NO5. The van der Waals surface area contributed by atoms with Crippen molar-refractivity contribution in [1.29, 1.82) is 0 Å². The molecule has 0 aromatic rings. The number of hydrogen-bond donors (Lipinski definition) is 3. The lowest BCUT2D eigenvalue weighted by atomic mass is 10.0. The zero-order chi connectivity index (χ0) is 56.4. The fourth-order valence-corrected chi connectivity index (χ4v) is 11.3. The molecule has 0 aliphatic heterocycles. The molecule has 1 amide bonds. The Morgan fingerprint density at radius 1 is 0.346 bits per heavy atom. The summed E-state index contributed by atoms with van der Waals surface area (Å²) in [7, 11) is 0. The Hall–Kier alpha value is -1.66. The molecule has 0 bridgehead atoms. The minimum absolute atomic E-state index is 0.0238. The van der Waals surface area contributed by atoms with E-state index in [1.165, 1.54) is 334 Å². The van der Waals surface area contributed by atoms with E-state index in [2.05, 4.69) is 31.3 Å². The molecule has 0 aromatic heterocycles. The van der Waals surface area contributed by atoms with Crippen molar-refractivity contribution in [3.8, 4) is 0 Å². The smallest absolute Gasteiger partial charge is 0.305 e. The maximum absolute atomic E-state index is 12.4. The molecule has 0 rings (SSSR count). The summed E-state index contributed by atoms with van der Waals surface area (Å²) in [6.45, 7) is 4.91. The largest absolute Gasteiger partial charge is 0.466 e. The van der Waals surface area contributed by atoms with Crippen molar-refractivity contribution < 1.29 is 24.5 Å². The van der Waals surface area contributed by atoms with E-state index in [-0.39, 0.29) is 18.5 Å². The van der Waals surface area contributed by atoms with Gasteiger partial charge in [0.1, 0.15) is 0 Å². The monoisotopic (exact) mass is 1100 g/mol. The van der Waals surface area contributed by atoms with E-state index in [4.69, 9.17) is 4.74 Å². The molecule has 0 aliphatic carbocycles. The van der Waals surface area contributed by atoms with Gasteiger partial charge in [-0.1, -0.05) is 353 Å². The number of allylic oxidation sites excluding steroid dienone is 3. The van der Waals surface area contributed by atoms with Gasteiger partial charge >= 0.3 is 5.97 Å². The summed E-state index contributed by atoms with van der Waals surface area (Å²) in [6.07, 6.45) is 85.7. The van der Waals surface area contributed by atoms with Crippen LogP contribution < -0.4 is 5.32 Å². The number of carbonyl (C=O) groups is 2. The molecule has 0 saturated heterocycles. The van der Waals surface area contributed by atoms with E-state index < -0.39 is 12.1 Å². The van der Waals surface area contributed by atoms with Crippen LogP contribution >= 0.6 is 0 Å². The molecule has 2 atom stereocenters. The number of unbranched alkanes of at least 4 members (excludes halogenated alkanes) is 54. The van der Waals surface area contributed by atoms with Gasteiger partial charge in [0.15, 0.2) is 0 Å². The Bertz CT molecular complexity index is 1220. The van der Waals surface area contributed by atoms with E-state index in [0.29, 0.717) is 19.4 Å². The number of ether oxygens (including phenoxy) is 1. The molecule has 3 N–H and O–H groups in total. The number of hydrogen-bond acceptors (Lipinski definition) is 5. The summed E-state index contributed by atoms with van der Waals surface area (Å²) in [4.78, 5) is 24.5. The first-order valence-corrected chi connectivity index (χ1v) is 35.6. The summed E-state index contributed by atoms with van der Waals surface area (Å²) in [5.41, 5.74) is 0. The van der Waals surface area contributed by atoms with Gasteiger partial charge in [-0.2, -0.15) is 0 Å². The zero-order valence-corrected chi connectivity index (χ0v) is 52.9. The van der Waals surface area contributed by atoms with Crippen LogP contribution in [-0.4, -0.2) is 47.4 Å². The maximum atomic E-state index is 12.4. The molecule has 0 saturated carbocycles. The summed E-state index contributed by atoms with van der Waals surface area (Å²) in [5, 5.41) is 23.0. The number of rotatable bonds is 67. The second-order valence-corrected chi connectivity index (χ2v) is 24.6. The maximum Gasteiger partial charge on any atom is 0.305 e. The predicted octanol–water partition coefficient (Wildman–Crippen LogP) is 22.9. The zero-order valence-electron chi connectivity index (χ0n) is 52.9. The average molecular weight is 1100 g/mol. The summed E-state index contributed by atoms with van der Waals surface area (Å²) in [6, 6.07) is -0.623. The third kappa shape index (κ3) is 63.5. The minimum atomic E-state index is -0.839. The summed E-state index contributed by atoms with van der Waals surface area (Å²) in [5.74, 6) is -0.0423. The Morgan fingerprint density at radius 2 is 0.603 bits per heavy atom. The Labute approximate surface area is 488 Å². The van der Waals surface area contributed by atoms with Crippen molar-refractivity contribution in [2.24, 2.45) is 0 Å². The highest BCUT2D eigenvalue weighted by atomic mass is 16.5. The SMILES string of the molecule is CCCCCCCCC/C=C/C(O)C(CO)NC(=O)CCCCCCCCCCCCCCCCCCC/C=C\CCCCCCCCCCCCCCOC(=O)CCCCCCCCCCCCCCCCCCCCC. The third-order valence-electron chi connectivity index (χ3n) is 16.7. The molecule has 2 unspecified atom stereocenters. The van der Waals surface area contributed by atoms with E-state index in [1.807, 2.05) is 6.08 Å². The first-order chi connectivity index (χ1) is 38.5. The Kier molecular flexibility index (Phi) is 66.4. The van der Waals surface area contributed by atoms with E-state index >= 15 is 0 Å². The molecule has 462 valence electrons. The number of amides is 1. The van der Waals surface area contributed by atoms with E-state index in [9.17, 15) is 19.8 Å². The molecule has 0 aliphatic rings. The van der Waals surface area contributed by atoms with Gasteiger partial charge in [0, 0.05) is 12.8 Å². The van der Waals surface area contributed by atoms with Gasteiger partial charge in [0.25, 0.3) is 0 Å². The minimum Gasteiger partial charge on any atom is -0.466 e. The number of esters is 1. The third-order valence-corrected chi connectivity index (χ3v) is 16.7. The Balaban J connectivity index is 3.30. The highest BCUT2D eigenvalue weighted by Crippen LogP contribution is 2.19. The van der Waals surface area contributed by atoms with Crippen LogP contribution in [0.3, 0.4) is 0 Å². The van der Waals surface area contributed by atoms with Crippen molar-refractivity contribution in [3.63, 3.8) is 0 Å². The lowest BCUT2D eigenvalue weighted by Gasteiger charge is -2.20. The molecule has 0 aromatic carbocycles. The number of aliphatic hydroxyl groups is 2. The second kappa shape index (κ2) is 67.8. The van der Waals surface area contributed by atoms with Gasteiger partial charge in [-0.05, 0) is 57.8 Å². The number of carbonyl (C=O) groups excluding carboxylic acids is 2. The highest BCUT2D eigenvalue weighted by molar-refractivity contribution is 5.76. The van der Waals surface area contributed by atoms with Crippen LogP contribution in [0.15, 0.2) is 24.3 Å². The lowest BCUT2D eigenvalue weighted by molar-refractivity contribution is -0.143. The van der Waals surface area contributed by atoms with Gasteiger partial charge in [-0.15, -0.1) is 0 Å². The van der Waals surface area contributed by atoms with Gasteiger partial charge in [-0.3, -0.25) is 9.59 Å². The molecule has 78 heavy (non-hydrogen) atoms. The first kappa shape index (κ1) is 76.3. The van der Waals surface area contributed by atoms with Gasteiger partial charge in [-0.25, -0.2) is 0 Å². The highest BCUT2D eigenvalue weighted by Gasteiger charge is 2.18. The normalized spacial score (nSPS) is 12.6. The van der Waals surface area contributed by atoms with Crippen LogP contribution in [0.5, 0.6) is 0 Å². The van der Waals surface area contributed by atoms with Gasteiger partial charge < -0.3 is 20.3 Å². The van der Waals surface area contributed by atoms with Gasteiger partial charge in [0.2, 0.25) is 5.91 Å². The fourth-order valence-electron chi connectivity index (χ4n) is 11.3. The van der Waals surface area contributed by atoms with E-state index in [1.54, 1.807) is 6.08 Å². The molecular weight excluding hydrogens is 959 g/mol. The predicted molar refractivity (Wildman–Crippen MR) is 343 cm³/mol. The topological polar surface area (TPSA) is 95.9 Å². The second-order valence-electron chi connectivity index (χ2n) is 24.6. The van der Waals surface area contributed by atoms with Crippen LogP contribution in [0.2, 0.25) is 0 Å². The molecule has 0 fully saturated rings. The molecule has 6 heteroatoms. The fraction of sp³-hybridized carbons (Fsp3) is 0.917. The van der Waals surface area contributed by atoms with Crippen LogP contribution in [0.4, 0.5) is 0 Å².